The van der Waals surface area contributed by atoms with Crippen molar-refractivity contribution in [3.8, 4) is 0 Å². The molecule has 20 heavy (non-hydrogen) atoms. The van der Waals surface area contributed by atoms with E-state index < -0.39 is 0 Å². The number of aryl methyl sites for hydroxylation is 2. The van der Waals surface area contributed by atoms with Gasteiger partial charge < -0.3 is 13.9 Å². The molecule has 2 aromatic rings. The highest BCUT2D eigenvalue weighted by Crippen LogP contribution is 2.30. The number of carbonyl (C=O) groups excluding carboxylic acids is 1. The summed E-state index contributed by atoms with van der Waals surface area (Å²) in [4.78, 5) is 18.6. The van der Waals surface area contributed by atoms with E-state index in [2.05, 4.69) is 4.98 Å². The lowest BCUT2D eigenvalue weighted by Gasteiger charge is -2.34. The van der Waals surface area contributed by atoms with Crippen LogP contribution in [0.15, 0.2) is 16.5 Å². The second-order valence-electron chi connectivity index (χ2n) is 5.04. The maximum atomic E-state index is 12.6. The monoisotopic (exact) mass is 293 g/mol. The van der Waals surface area contributed by atoms with Gasteiger partial charge >= 0.3 is 0 Å². The number of aromatic nitrogens is 2. The Kier molecular flexibility index (Phi) is 3.09. The van der Waals surface area contributed by atoms with Crippen LogP contribution in [-0.4, -0.2) is 26.9 Å². The summed E-state index contributed by atoms with van der Waals surface area (Å²) in [5.74, 6) is 0.996. The zero-order valence-electron chi connectivity index (χ0n) is 11.7. The average molecular weight is 294 g/mol. The lowest BCUT2D eigenvalue weighted by molar-refractivity contribution is 0.0637. The van der Waals surface area contributed by atoms with Gasteiger partial charge in [0.2, 0.25) is 0 Å². The molecule has 0 aliphatic carbocycles. The van der Waals surface area contributed by atoms with Crippen molar-refractivity contribution in [2.45, 2.75) is 33.4 Å². The molecule has 0 aromatic carbocycles. The molecule has 106 valence electrons. The maximum absolute atomic E-state index is 12.6. The van der Waals surface area contributed by atoms with Gasteiger partial charge in [-0.25, -0.2) is 4.98 Å². The smallest absolute Gasteiger partial charge is 0.276 e. The van der Waals surface area contributed by atoms with Crippen molar-refractivity contribution in [1.29, 1.82) is 0 Å². The number of halogens is 1. The second-order valence-corrected chi connectivity index (χ2v) is 5.43. The van der Waals surface area contributed by atoms with E-state index >= 15 is 0 Å². The van der Waals surface area contributed by atoms with Crippen LogP contribution in [-0.2, 0) is 6.54 Å². The molecule has 2 aromatic heterocycles. The van der Waals surface area contributed by atoms with Crippen molar-refractivity contribution in [1.82, 2.24) is 14.5 Å². The Labute approximate surface area is 122 Å². The third kappa shape index (κ3) is 1.93. The molecule has 0 saturated carbocycles. The fraction of sp³-hybridized carbons (Fsp3) is 0.429. The van der Waals surface area contributed by atoms with Gasteiger partial charge in [0.1, 0.15) is 10.9 Å². The second kappa shape index (κ2) is 4.66. The molecular formula is C14H16ClN3O2. The summed E-state index contributed by atoms with van der Waals surface area (Å²) < 4.78 is 7.39. The molecule has 0 bridgehead atoms. The molecular weight excluding hydrogens is 278 g/mol. The van der Waals surface area contributed by atoms with Crippen molar-refractivity contribution in [3.63, 3.8) is 0 Å². The molecule has 0 N–H and O–H groups in total. The lowest BCUT2D eigenvalue weighted by Crippen LogP contribution is -2.41. The van der Waals surface area contributed by atoms with Crippen molar-refractivity contribution in [2.75, 3.05) is 6.54 Å². The molecule has 0 unspecified atom stereocenters. The van der Waals surface area contributed by atoms with Gasteiger partial charge in [-0.3, -0.25) is 4.79 Å². The summed E-state index contributed by atoms with van der Waals surface area (Å²) in [6, 6.07) is 3.81. The highest BCUT2D eigenvalue weighted by molar-refractivity contribution is 6.29. The molecule has 3 rings (SSSR count). The molecule has 1 atom stereocenters. The topological polar surface area (TPSA) is 51.3 Å². The summed E-state index contributed by atoms with van der Waals surface area (Å²) in [6.45, 7) is 6.83. The Morgan fingerprint density at radius 3 is 2.80 bits per heavy atom. The molecule has 1 aliphatic heterocycles. The van der Waals surface area contributed by atoms with E-state index in [-0.39, 0.29) is 11.9 Å². The summed E-state index contributed by atoms with van der Waals surface area (Å²) in [6.07, 6.45) is 0. The standard InChI is InChI=1S/C14H16ClN3O2/c1-8-11-4-5-12(15)18(11)7-6-17(8)14(19)13-9(2)20-10(3)16-13/h4-5,8H,6-7H2,1-3H3/t8-/m0/s1. The predicted octanol–water partition coefficient (Wildman–Crippen LogP) is 2.96. The minimum atomic E-state index is -0.0876. The number of hydrogen-bond donors (Lipinski definition) is 0. The highest BCUT2D eigenvalue weighted by atomic mass is 35.5. The van der Waals surface area contributed by atoms with E-state index in [9.17, 15) is 4.79 Å². The van der Waals surface area contributed by atoms with Crippen molar-refractivity contribution in [2.24, 2.45) is 0 Å². The number of oxazole rings is 1. The van der Waals surface area contributed by atoms with Crippen LogP contribution in [0.3, 0.4) is 0 Å². The minimum absolute atomic E-state index is 0.0276. The summed E-state index contributed by atoms with van der Waals surface area (Å²) in [5.41, 5.74) is 1.45. The van der Waals surface area contributed by atoms with Crippen LogP contribution in [0, 0.1) is 13.8 Å². The first-order chi connectivity index (χ1) is 9.49. The summed E-state index contributed by atoms with van der Waals surface area (Å²) >= 11 is 6.13. The molecule has 5 nitrogen and oxygen atoms in total. The van der Waals surface area contributed by atoms with Gasteiger partial charge in [0.15, 0.2) is 11.6 Å². The van der Waals surface area contributed by atoms with Crippen molar-refractivity contribution in [3.05, 3.63) is 40.3 Å². The number of rotatable bonds is 1. The number of fused-ring (bicyclic) bond motifs is 1. The lowest BCUT2D eigenvalue weighted by atomic mass is 10.1. The number of hydrogen-bond acceptors (Lipinski definition) is 3. The third-order valence-corrected chi connectivity index (χ3v) is 4.12. The predicted molar refractivity (Wildman–Crippen MR) is 74.9 cm³/mol. The Morgan fingerprint density at radius 2 is 2.15 bits per heavy atom. The first kappa shape index (κ1) is 13.2. The molecule has 0 radical (unpaired) electrons. The van der Waals surface area contributed by atoms with Gasteiger partial charge in [-0.2, -0.15) is 0 Å². The Bertz CT molecular complexity index is 674. The normalized spacial score (nSPS) is 18.2. The summed E-state index contributed by atoms with van der Waals surface area (Å²) in [5, 5.41) is 0.715. The first-order valence-corrected chi connectivity index (χ1v) is 6.96. The van der Waals surface area contributed by atoms with Gasteiger partial charge in [0.25, 0.3) is 5.91 Å². The first-order valence-electron chi connectivity index (χ1n) is 6.59. The molecule has 0 fully saturated rings. The minimum Gasteiger partial charge on any atom is -0.445 e. The van der Waals surface area contributed by atoms with E-state index in [1.807, 2.05) is 28.5 Å². The molecule has 0 saturated heterocycles. The molecule has 1 aliphatic rings. The molecule has 6 heteroatoms. The van der Waals surface area contributed by atoms with Crippen LogP contribution in [0.4, 0.5) is 0 Å². The molecule has 3 heterocycles. The van der Waals surface area contributed by atoms with Crippen molar-refractivity contribution < 1.29 is 9.21 Å². The number of amides is 1. The SMILES string of the molecule is Cc1nc(C(=O)N2CCn3c(Cl)ccc3[C@@H]2C)c(C)o1. The molecule has 0 spiro atoms. The van der Waals surface area contributed by atoms with E-state index in [1.54, 1.807) is 13.8 Å². The van der Waals surface area contributed by atoms with Gasteiger partial charge in [0, 0.05) is 25.7 Å². The Balaban J connectivity index is 1.93. The third-order valence-electron chi connectivity index (χ3n) is 3.79. The largest absolute Gasteiger partial charge is 0.445 e. The van der Waals surface area contributed by atoms with Crippen LogP contribution in [0.5, 0.6) is 0 Å². The van der Waals surface area contributed by atoms with Crippen LogP contribution < -0.4 is 0 Å². The Morgan fingerprint density at radius 1 is 1.40 bits per heavy atom. The fourth-order valence-corrected chi connectivity index (χ4v) is 3.01. The Hall–Kier alpha value is -1.75. The van der Waals surface area contributed by atoms with Gasteiger partial charge in [-0.15, -0.1) is 0 Å². The number of nitrogens with zero attached hydrogens (tertiary/aromatic N) is 3. The van der Waals surface area contributed by atoms with Crippen LogP contribution >= 0.6 is 11.6 Å². The van der Waals surface area contributed by atoms with E-state index in [0.717, 1.165) is 5.69 Å². The van der Waals surface area contributed by atoms with Gasteiger partial charge in [-0.1, -0.05) is 11.6 Å². The van der Waals surface area contributed by atoms with E-state index in [0.29, 0.717) is 35.6 Å². The number of carbonyl (C=O) groups is 1. The van der Waals surface area contributed by atoms with Crippen LogP contribution in [0.25, 0.3) is 0 Å². The van der Waals surface area contributed by atoms with E-state index in [4.69, 9.17) is 16.0 Å². The zero-order chi connectivity index (χ0) is 14.4. The average Bonchev–Trinajstić information content (AvgIpc) is 2.93. The molecule has 1 amide bonds. The van der Waals surface area contributed by atoms with Crippen LogP contribution in [0.1, 0.15) is 40.8 Å². The zero-order valence-corrected chi connectivity index (χ0v) is 12.4. The van der Waals surface area contributed by atoms with Gasteiger partial charge in [-0.05, 0) is 26.0 Å². The van der Waals surface area contributed by atoms with Crippen LogP contribution in [0.2, 0.25) is 5.15 Å². The quantitative estimate of drug-likeness (QED) is 0.812. The summed E-state index contributed by atoms with van der Waals surface area (Å²) in [7, 11) is 0. The van der Waals surface area contributed by atoms with Crippen molar-refractivity contribution >= 4 is 17.5 Å². The fourth-order valence-electron chi connectivity index (χ4n) is 2.76. The highest BCUT2D eigenvalue weighted by Gasteiger charge is 2.31. The van der Waals surface area contributed by atoms with E-state index in [1.165, 1.54) is 0 Å². The van der Waals surface area contributed by atoms with Gasteiger partial charge in [0.05, 0.1) is 6.04 Å². The maximum Gasteiger partial charge on any atom is 0.276 e.